The average Bonchev–Trinajstić information content (AvgIpc) is 2.91. The van der Waals surface area contributed by atoms with Gasteiger partial charge >= 0.3 is 5.97 Å². The predicted octanol–water partition coefficient (Wildman–Crippen LogP) is 1.64. The van der Waals surface area contributed by atoms with Crippen molar-refractivity contribution in [2.75, 3.05) is 13.1 Å². The molecule has 1 atom stereocenters. The Morgan fingerprint density at radius 3 is 2.84 bits per heavy atom. The van der Waals surface area contributed by atoms with Crippen molar-refractivity contribution in [1.29, 1.82) is 0 Å². The largest absolute Gasteiger partial charge is 0.481 e. The first kappa shape index (κ1) is 13.6. The summed E-state index contributed by atoms with van der Waals surface area (Å²) >= 11 is 0. The molecule has 1 aliphatic heterocycles. The highest BCUT2D eigenvalue weighted by Gasteiger charge is 2.40. The maximum atomic E-state index is 12.2. The van der Waals surface area contributed by atoms with Gasteiger partial charge in [0.05, 0.1) is 5.41 Å². The minimum Gasteiger partial charge on any atom is -0.481 e. The van der Waals surface area contributed by atoms with Gasteiger partial charge in [-0.05, 0) is 32.6 Å². The van der Waals surface area contributed by atoms with Crippen LogP contribution >= 0.6 is 0 Å². The lowest BCUT2D eigenvalue weighted by atomic mass is 9.74. The van der Waals surface area contributed by atoms with Gasteiger partial charge < -0.3 is 14.5 Å². The van der Waals surface area contributed by atoms with Crippen LogP contribution in [0, 0.1) is 11.3 Å². The Labute approximate surface area is 111 Å². The molecule has 0 aromatic carbocycles. The predicted molar refractivity (Wildman–Crippen MR) is 66.5 cm³/mol. The molecule has 19 heavy (non-hydrogen) atoms. The van der Waals surface area contributed by atoms with Crippen LogP contribution in [0.5, 0.6) is 0 Å². The second-order valence-corrected chi connectivity index (χ2v) is 5.50. The highest BCUT2D eigenvalue weighted by molar-refractivity contribution is 5.92. The number of aromatic nitrogens is 1. The second-order valence-electron chi connectivity index (χ2n) is 5.50. The molecule has 1 saturated heterocycles. The summed E-state index contributed by atoms with van der Waals surface area (Å²) < 4.78 is 4.67. The average molecular weight is 266 g/mol. The van der Waals surface area contributed by atoms with Crippen LogP contribution < -0.4 is 0 Å². The standard InChI is InChI=1S/C13H18N2O4/c1-13(2,12(17)18)9-4-3-6-15(8-9)11(16)10-5-7-19-14-10/h5,7,9H,3-4,6,8H2,1-2H3,(H,17,18). The fourth-order valence-corrected chi connectivity index (χ4v) is 2.41. The summed E-state index contributed by atoms with van der Waals surface area (Å²) in [5.74, 6) is -1.07. The number of amides is 1. The van der Waals surface area contributed by atoms with Gasteiger partial charge in [0.15, 0.2) is 5.69 Å². The van der Waals surface area contributed by atoms with Crippen LogP contribution in [0.3, 0.4) is 0 Å². The Morgan fingerprint density at radius 2 is 2.26 bits per heavy atom. The van der Waals surface area contributed by atoms with E-state index in [-0.39, 0.29) is 17.5 Å². The molecule has 0 bridgehead atoms. The molecule has 0 radical (unpaired) electrons. The number of likely N-dealkylation sites (tertiary alicyclic amines) is 1. The highest BCUT2D eigenvalue weighted by Crippen LogP contribution is 2.34. The number of hydrogen-bond acceptors (Lipinski definition) is 4. The molecule has 104 valence electrons. The Balaban J connectivity index is 2.09. The van der Waals surface area contributed by atoms with Gasteiger partial charge in [0.25, 0.3) is 5.91 Å². The van der Waals surface area contributed by atoms with Crippen LogP contribution in [0.25, 0.3) is 0 Å². The summed E-state index contributed by atoms with van der Waals surface area (Å²) in [6.07, 6.45) is 2.99. The van der Waals surface area contributed by atoms with E-state index in [2.05, 4.69) is 9.68 Å². The first-order valence-corrected chi connectivity index (χ1v) is 6.36. The number of carbonyl (C=O) groups is 2. The molecule has 6 heteroatoms. The van der Waals surface area contributed by atoms with Crippen LogP contribution in [-0.4, -0.2) is 40.1 Å². The van der Waals surface area contributed by atoms with Crippen LogP contribution in [0.4, 0.5) is 0 Å². The monoisotopic (exact) mass is 266 g/mol. The Morgan fingerprint density at radius 1 is 1.53 bits per heavy atom. The van der Waals surface area contributed by atoms with Gasteiger partial charge in [-0.1, -0.05) is 5.16 Å². The number of piperidine rings is 1. The van der Waals surface area contributed by atoms with Crippen LogP contribution in [0.2, 0.25) is 0 Å². The maximum absolute atomic E-state index is 12.2. The SMILES string of the molecule is CC(C)(C(=O)O)C1CCCN(C(=O)c2ccon2)C1. The number of hydrogen-bond donors (Lipinski definition) is 1. The number of carboxylic acids is 1. The molecule has 0 saturated carbocycles. The summed E-state index contributed by atoms with van der Waals surface area (Å²) in [5.41, 5.74) is -0.559. The van der Waals surface area contributed by atoms with Crippen LogP contribution in [-0.2, 0) is 4.79 Å². The molecule has 1 unspecified atom stereocenters. The molecule has 0 spiro atoms. The third-order valence-electron chi connectivity index (χ3n) is 3.94. The van der Waals surface area contributed by atoms with E-state index in [1.54, 1.807) is 18.7 Å². The summed E-state index contributed by atoms with van der Waals surface area (Å²) in [7, 11) is 0. The molecular formula is C13H18N2O4. The van der Waals surface area contributed by atoms with Crippen molar-refractivity contribution < 1.29 is 19.2 Å². The number of aliphatic carboxylic acids is 1. The van der Waals surface area contributed by atoms with Gasteiger partial charge in [0, 0.05) is 19.2 Å². The van der Waals surface area contributed by atoms with Crippen molar-refractivity contribution in [1.82, 2.24) is 10.1 Å². The van der Waals surface area contributed by atoms with Crippen molar-refractivity contribution in [3.05, 3.63) is 18.0 Å². The Kier molecular flexibility index (Phi) is 3.59. The molecule has 2 heterocycles. The summed E-state index contributed by atoms with van der Waals surface area (Å²) in [6.45, 7) is 4.51. The lowest BCUT2D eigenvalue weighted by Crippen LogP contribution is -2.46. The lowest BCUT2D eigenvalue weighted by molar-refractivity contribution is -0.151. The first-order valence-electron chi connectivity index (χ1n) is 6.36. The van der Waals surface area contributed by atoms with Crippen molar-refractivity contribution in [3.8, 4) is 0 Å². The quantitative estimate of drug-likeness (QED) is 0.899. The zero-order chi connectivity index (χ0) is 14.0. The lowest BCUT2D eigenvalue weighted by Gasteiger charge is -2.38. The Bertz CT molecular complexity index is 467. The number of nitrogens with zero attached hydrogens (tertiary/aromatic N) is 2. The number of rotatable bonds is 3. The summed E-state index contributed by atoms with van der Waals surface area (Å²) in [4.78, 5) is 25.1. The topological polar surface area (TPSA) is 83.6 Å². The second kappa shape index (κ2) is 5.03. The fourth-order valence-electron chi connectivity index (χ4n) is 2.41. The third-order valence-corrected chi connectivity index (χ3v) is 3.94. The first-order chi connectivity index (χ1) is 8.93. The molecule has 0 aliphatic carbocycles. The molecule has 1 N–H and O–H groups in total. The van der Waals surface area contributed by atoms with Crippen LogP contribution in [0.15, 0.2) is 16.9 Å². The number of carboxylic acid groups (broad SMARTS) is 1. The fraction of sp³-hybridized carbons (Fsp3) is 0.615. The van der Waals surface area contributed by atoms with Crippen LogP contribution in [0.1, 0.15) is 37.2 Å². The normalized spacial score (nSPS) is 20.3. The van der Waals surface area contributed by atoms with Gasteiger partial charge in [-0.2, -0.15) is 0 Å². The van der Waals surface area contributed by atoms with Gasteiger partial charge in [-0.25, -0.2) is 0 Å². The van der Waals surface area contributed by atoms with Crippen molar-refractivity contribution >= 4 is 11.9 Å². The zero-order valence-electron chi connectivity index (χ0n) is 11.1. The highest BCUT2D eigenvalue weighted by atomic mass is 16.5. The Hall–Kier alpha value is -1.85. The molecule has 6 nitrogen and oxygen atoms in total. The van der Waals surface area contributed by atoms with E-state index in [4.69, 9.17) is 0 Å². The minimum atomic E-state index is -0.831. The molecular weight excluding hydrogens is 248 g/mol. The van der Waals surface area contributed by atoms with Gasteiger partial charge in [0.1, 0.15) is 6.26 Å². The zero-order valence-corrected chi connectivity index (χ0v) is 11.1. The minimum absolute atomic E-state index is 0.0467. The molecule has 1 amide bonds. The van der Waals surface area contributed by atoms with E-state index < -0.39 is 11.4 Å². The van der Waals surface area contributed by atoms with Crippen molar-refractivity contribution in [2.24, 2.45) is 11.3 Å². The molecule has 1 aromatic rings. The molecule has 1 fully saturated rings. The van der Waals surface area contributed by atoms with E-state index in [1.807, 2.05) is 0 Å². The third kappa shape index (κ3) is 2.62. The smallest absolute Gasteiger partial charge is 0.309 e. The van der Waals surface area contributed by atoms with Gasteiger partial charge in [-0.15, -0.1) is 0 Å². The van der Waals surface area contributed by atoms with E-state index in [0.29, 0.717) is 13.1 Å². The molecule has 1 aliphatic rings. The maximum Gasteiger partial charge on any atom is 0.309 e. The van der Waals surface area contributed by atoms with Gasteiger partial charge in [0.2, 0.25) is 0 Å². The summed E-state index contributed by atoms with van der Waals surface area (Å²) in [5, 5.41) is 12.9. The van der Waals surface area contributed by atoms with Crippen molar-refractivity contribution in [3.63, 3.8) is 0 Å². The van der Waals surface area contributed by atoms with E-state index in [0.717, 1.165) is 12.8 Å². The van der Waals surface area contributed by atoms with Gasteiger partial charge in [-0.3, -0.25) is 9.59 Å². The van der Waals surface area contributed by atoms with E-state index in [1.165, 1.54) is 12.3 Å². The van der Waals surface area contributed by atoms with E-state index in [9.17, 15) is 14.7 Å². The molecule has 1 aromatic heterocycles. The van der Waals surface area contributed by atoms with E-state index >= 15 is 0 Å². The van der Waals surface area contributed by atoms with Crippen molar-refractivity contribution in [2.45, 2.75) is 26.7 Å². The summed E-state index contributed by atoms with van der Waals surface area (Å²) in [6, 6.07) is 1.52. The number of carbonyl (C=O) groups excluding carboxylic acids is 1. The molecule has 2 rings (SSSR count).